The molecule has 2 aromatic heterocycles. The zero-order valence-corrected chi connectivity index (χ0v) is 28.2. The van der Waals surface area contributed by atoms with Crippen LogP contribution in [0.4, 0.5) is 9.52 Å². The van der Waals surface area contributed by atoms with Crippen molar-refractivity contribution in [3.05, 3.63) is 88.2 Å². The third-order valence-electron chi connectivity index (χ3n) is 9.36. The zero-order chi connectivity index (χ0) is 33.6. The number of esters is 1. The number of imidazole rings is 1. The second-order valence-corrected chi connectivity index (χ2v) is 14.7. The molecule has 2 aromatic carbocycles. The molecule has 1 atom stereocenters. The van der Waals surface area contributed by atoms with Crippen LogP contribution in [0.3, 0.4) is 0 Å². The number of nitrogens with zero attached hydrogens (tertiary/aromatic N) is 5. The number of piperidine rings is 1. The number of hydrogen-bond donors (Lipinski definition) is 1. The first kappa shape index (κ1) is 32.1. The Bertz CT molecular complexity index is 1840. The molecule has 4 aromatic rings. The third kappa shape index (κ3) is 6.51. The molecule has 0 unspecified atom stereocenters. The van der Waals surface area contributed by atoms with Gasteiger partial charge in [0.15, 0.2) is 11.2 Å². The Kier molecular flexibility index (Phi) is 8.63. The largest absolute Gasteiger partial charge is 0.459 e. The summed E-state index contributed by atoms with van der Waals surface area (Å²) in [6.45, 7) is 8.31. The molecule has 2 amide bonds. The van der Waals surface area contributed by atoms with E-state index in [1.807, 2.05) is 37.5 Å². The van der Waals surface area contributed by atoms with Crippen LogP contribution < -0.4 is 5.32 Å². The van der Waals surface area contributed by atoms with Gasteiger partial charge in [-0.25, -0.2) is 14.4 Å². The van der Waals surface area contributed by atoms with Crippen LogP contribution in [0, 0.1) is 5.82 Å². The standard InChI is InChI=1S/C36H39FN6O4S/c1-36(2,3)47-30(44)20-41-14-10-24(11-15-41)22-6-8-23(9-7-22)25-17-26-27(28(37)18-25)19-43(34(26)46)32(33(45)40-35-38-12-16-48-35)31-29-5-4-13-42(29)21-39-31/h6-9,12,16-18,21,24,32H,4-5,10-11,13-15,19-20H2,1-3H3,(H,38,40,45)/t32-/m1/s1. The minimum Gasteiger partial charge on any atom is -0.459 e. The van der Waals surface area contributed by atoms with Crippen molar-refractivity contribution >= 4 is 34.3 Å². The van der Waals surface area contributed by atoms with Crippen molar-refractivity contribution in [2.24, 2.45) is 0 Å². The quantitative estimate of drug-likeness (QED) is 0.231. The Balaban J connectivity index is 1.07. The molecule has 1 saturated heterocycles. The Morgan fingerprint density at radius 3 is 2.56 bits per heavy atom. The maximum absolute atomic E-state index is 15.8. The van der Waals surface area contributed by atoms with Gasteiger partial charge in [0.25, 0.3) is 11.8 Å². The van der Waals surface area contributed by atoms with Crippen molar-refractivity contribution < 1.29 is 23.5 Å². The molecule has 12 heteroatoms. The molecule has 1 fully saturated rings. The number of benzene rings is 2. The van der Waals surface area contributed by atoms with E-state index in [1.165, 1.54) is 27.9 Å². The summed E-state index contributed by atoms with van der Waals surface area (Å²) in [4.78, 5) is 52.3. The van der Waals surface area contributed by atoms with Crippen LogP contribution >= 0.6 is 11.3 Å². The van der Waals surface area contributed by atoms with Gasteiger partial charge in [-0.2, -0.15) is 0 Å². The molecule has 0 saturated carbocycles. The van der Waals surface area contributed by atoms with Crippen LogP contribution in [0.25, 0.3) is 11.1 Å². The number of carbonyl (C=O) groups excluding carboxylic acids is 3. The van der Waals surface area contributed by atoms with E-state index in [9.17, 15) is 14.4 Å². The highest BCUT2D eigenvalue weighted by molar-refractivity contribution is 7.13. The van der Waals surface area contributed by atoms with E-state index in [0.717, 1.165) is 56.6 Å². The van der Waals surface area contributed by atoms with Crippen LogP contribution in [-0.2, 0) is 33.8 Å². The van der Waals surface area contributed by atoms with Crippen molar-refractivity contribution in [3.8, 4) is 11.1 Å². The molecule has 10 nitrogen and oxygen atoms in total. The number of hydrogen-bond acceptors (Lipinski definition) is 8. The highest BCUT2D eigenvalue weighted by Gasteiger charge is 2.42. The average molecular weight is 671 g/mol. The first-order valence-corrected chi connectivity index (χ1v) is 17.3. The lowest BCUT2D eigenvalue weighted by molar-refractivity contribution is -0.156. The second-order valence-electron chi connectivity index (χ2n) is 13.8. The fraction of sp³-hybridized carbons (Fsp3) is 0.417. The zero-order valence-electron chi connectivity index (χ0n) is 27.4. The van der Waals surface area contributed by atoms with Crippen molar-refractivity contribution in [3.63, 3.8) is 0 Å². The number of thiazole rings is 1. The summed E-state index contributed by atoms with van der Waals surface area (Å²) in [7, 11) is 0. The number of halogens is 1. The molecule has 0 radical (unpaired) electrons. The molecule has 7 rings (SSSR count). The number of nitrogens with one attached hydrogen (secondary N) is 1. The molecule has 5 heterocycles. The van der Waals surface area contributed by atoms with E-state index in [1.54, 1.807) is 24.0 Å². The van der Waals surface area contributed by atoms with Crippen LogP contribution in [0.15, 0.2) is 54.3 Å². The lowest BCUT2D eigenvalue weighted by Gasteiger charge is -2.32. The van der Waals surface area contributed by atoms with Gasteiger partial charge >= 0.3 is 5.97 Å². The predicted octanol–water partition coefficient (Wildman–Crippen LogP) is 5.95. The van der Waals surface area contributed by atoms with Gasteiger partial charge in [0.05, 0.1) is 25.1 Å². The first-order valence-electron chi connectivity index (χ1n) is 16.5. The van der Waals surface area contributed by atoms with Crippen LogP contribution in [0.1, 0.15) is 84.9 Å². The maximum Gasteiger partial charge on any atom is 0.320 e. The molecule has 3 aliphatic rings. The highest BCUT2D eigenvalue weighted by atomic mass is 32.1. The van der Waals surface area contributed by atoms with E-state index >= 15 is 4.39 Å². The van der Waals surface area contributed by atoms with Gasteiger partial charge < -0.3 is 14.2 Å². The molecule has 0 spiro atoms. The fourth-order valence-electron chi connectivity index (χ4n) is 7.09. The molecule has 0 aliphatic carbocycles. The minimum atomic E-state index is -1.03. The Hall–Kier alpha value is -4.42. The van der Waals surface area contributed by atoms with Gasteiger partial charge in [-0.1, -0.05) is 24.3 Å². The number of likely N-dealkylation sites (tertiary alicyclic amines) is 1. The molecule has 3 aliphatic heterocycles. The molecule has 0 bridgehead atoms. The lowest BCUT2D eigenvalue weighted by Crippen LogP contribution is -2.39. The number of carbonyl (C=O) groups is 3. The van der Waals surface area contributed by atoms with E-state index in [4.69, 9.17) is 4.74 Å². The number of fused-ring (bicyclic) bond motifs is 2. The normalized spacial score (nSPS) is 17.3. The SMILES string of the molecule is CC(C)(C)OC(=O)CN1CCC(c2ccc(-c3cc(F)c4c(c3)C(=O)N([C@@H](C(=O)Nc3nccs3)c3ncn5c3CCC5)C4)cc2)CC1. The Morgan fingerprint density at radius 2 is 1.85 bits per heavy atom. The number of rotatable bonds is 8. The summed E-state index contributed by atoms with van der Waals surface area (Å²) in [5, 5.41) is 5.02. The van der Waals surface area contributed by atoms with Crippen molar-refractivity contribution in [1.29, 1.82) is 0 Å². The lowest BCUT2D eigenvalue weighted by atomic mass is 9.88. The van der Waals surface area contributed by atoms with Crippen LogP contribution in [-0.4, -0.2) is 67.4 Å². The fourth-order valence-corrected chi connectivity index (χ4v) is 7.63. The number of aromatic nitrogens is 3. The summed E-state index contributed by atoms with van der Waals surface area (Å²) >= 11 is 1.29. The predicted molar refractivity (Wildman–Crippen MR) is 180 cm³/mol. The van der Waals surface area contributed by atoms with Crippen LogP contribution in [0.5, 0.6) is 0 Å². The molecular weight excluding hydrogens is 631 g/mol. The van der Waals surface area contributed by atoms with Gasteiger partial charge in [0.1, 0.15) is 11.4 Å². The summed E-state index contributed by atoms with van der Waals surface area (Å²) < 4.78 is 23.2. The summed E-state index contributed by atoms with van der Waals surface area (Å²) in [6.07, 6.45) is 6.86. The third-order valence-corrected chi connectivity index (χ3v) is 10.1. The van der Waals surface area contributed by atoms with Gasteiger partial charge in [-0.3, -0.25) is 24.6 Å². The molecular formula is C36H39FN6O4S. The average Bonchev–Trinajstić information content (AvgIpc) is 3.85. The van der Waals surface area contributed by atoms with Crippen molar-refractivity contribution in [2.75, 3.05) is 25.0 Å². The summed E-state index contributed by atoms with van der Waals surface area (Å²) in [5.74, 6) is -1.15. The number of ether oxygens (including phenoxy) is 1. The van der Waals surface area contributed by atoms with Crippen molar-refractivity contribution in [1.82, 2.24) is 24.3 Å². The molecule has 48 heavy (non-hydrogen) atoms. The monoisotopic (exact) mass is 670 g/mol. The van der Waals surface area contributed by atoms with E-state index in [-0.39, 0.29) is 23.6 Å². The number of anilines is 1. The molecule has 250 valence electrons. The van der Waals surface area contributed by atoms with Gasteiger partial charge in [-0.05, 0) is 94.3 Å². The van der Waals surface area contributed by atoms with Crippen LogP contribution in [0.2, 0.25) is 0 Å². The van der Waals surface area contributed by atoms with Gasteiger partial charge in [-0.15, -0.1) is 11.3 Å². The summed E-state index contributed by atoms with van der Waals surface area (Å²) in [5.41, 5.74) is 4.10. The summed E-state index contributed by atoms with van der Waals surface area (Å²) in [6, 6.07) is 10.3. The molecule has 1 N–H and O–H groups in total. The smallest absolute Gasteiger partial charge is 0.320 e. The van der Waals surface area contributed by atoms with Crippen molar-refractivity contribution in [2.45, 2.75) is 77.1 Å². The maximum atomic E-state index is 15.8. The minimum absolute atomic E-state index is 0.0336. The van der Waals surface area contributed by atoms with Gasteiger partial charge in [0.2, 0.25) is 0 Å². The Labute approximate surface area is 282 Å². The number of aryl methyl sites for hydroxylation is 1. The topological polar surface area (TPSA) is 110 Å². The van der Waals surface area contributed by atoms with E-state index < -0.39 is 29.3 Å². The van der Waals surface area contributed by atoms with E-state index in [2.05, 4.69) is 32.3 Å². The second kappa shape index (κ2) is 12.9. The van der Waals surface area contributed by atoms with E-state index in [0.29, 0.717) is 28.9 Å². The number of amides is 2. The highest BCUT2D eigenvalue weighted by Crippen LogP contribution is 2.38. The Morgan fingerprint density at radius 1 is 1.08 bits per heavy atom. The van der Waals surface area contributed by atoms with Gasteiger partial charge in [0, 0.05) is 34.9 Å². The first-order chi connectivity index (χ1) is 23.0.